The summed E-state index contributed by atoms with van der Waals surface area (Å²) in [5, 5.41) is 15.3. The third-order valence-corrected chi connectivity index (χ3v) is 8.26. The lowest BCUT2D eigenvalue weighted by Crippen LogP contribution is -2.41. The minimum atomic E-state index is -0.574. The number of nitrogens with two attached hydrogens (primary N) is 1. The average molecular weight is 601 g/mol. The zero-order valence-corrected chi connectivity index (χ0v) is 25.3. The Hall–Kier alpha value is -3.76. The molecule has 2 aliphatic heterocycles. The van der Waals surface area contributed by atoms with E-state index in [4.69, 9.17) is 15.2 Å². The number of nitrogens with zero attached hydrogens (tertiary/aromatic N) is 1. The Morgan fingerprint density at radius 3 is 2.30 bits per heavy atom. The minimum Gasteiger partial charge on any atom is -0.397 e. The number of unbranched alkanes of at least 4 members (excludes halogenated alkanes) is 1. The predicted octanol–water partition coefficient (Wildman–Crippen LogP) is 5.93. The number of benzene rings is 3. The predicted molar refractivity (Wildman–Crippen MR) is 172 cm³/mol. The molecule has 3 aromatic rings. The molecule has 0 radical (unpaired) electrons. The molecule has 9 nitrogen and oxygen atoms in total. The lowest BCUT2D eigenvalue weighted by atomic mass is 9.99. The van der Waals surface area contributed by atoms with Gasteiger partial charge in [-0.3, -0.25) is 9.59 Å². The molecule has 9 heteroatoms. The number of carbonyl (C=O) groups excluding carboxylic acids is 2. The van der Waals surface area contributed by atoms with Crippen molar-refractivity contribution >= 4 is 28.9 Å². The number of anilines is 3. The first-order valence-electron chi connectivity index (χ1n) is 15.7. The Labute approximate surface area is 259 Å². The first kappa shape index (κ1) is 31.7. The summed E-state index contributed by atoms with van der Waals surface area (Å²) in [6, 6.07) is 22.7. The van der Waals surface area contributed by atoms with Crippen LogP contribution >= 0.6 is 0 Å². The van der Waals surface area contributed by atoms with Crippen LogP contribution in [-0.4, -0.2) is 47.6 Å². The summed E-state index contributed by atoms with van der Waals surface area (Å²) < 4.78 is 13.0. The normalized spacial score (nSPS) is 20.6. The molecule has 0 aliphatic carbocycles. The number of para-hydroxylation sites is 2. The maximum absolute atomic E-state index is 12.7. The standard InChI is InChI=1S/C35H44N4O5/c36-30-11-2-3-12-31(30)38-34(42)14-5-4-13-33(41)37-28-10-8-9-27(21-28)35-43-29(23-39-19-6-1-7-20-39)22-32(44-35)26-17-15-25(24-40)16-18-26/h2-3,8-12,15-18,21,29,32,35,40H,1,4-7,13-14,19-20,22-24,36H2,(H,37,41)(H,38,42). The molecule has 2 fully saturated rings. The van der Waals surface area contributed by atoms with Gasteiger partial charge >= 0.3 is 0 Å². The third kappa shape index (κ3) is 9.12. The van der Waals surface area contributed by atoms with Crippen LogP contribution in [0.15, 0.2) is 72.8 Å². The summed E-state index contributed by atoms with van der Waals surface area (Å²) in [6.45, 7) is 3.05. The number of rotatable bonds is 12. The molecule has 2 saturated heterocycles. The van der Waals surface area contributed by atoms with Gasteiger partial charge in [-0.2, -0.15) is 0 Å². The van der Waals surface area contributed by atoms with Crippen molar-refractivity contribution < 1.29 is 24.2 Å². The second kappa shape index (κ2) is 15.8. The Balaban J connectivity index is 1.16. The van der Waals surface area contributed by atoms with Gasteiger partial charge in [0.25, 0.3) is 0 Å². The second-order valence-corrected chi connectivity index (χ2v) is 11.7. The molecular weight excluding hydrogens is 556 g/mol. The second-order valence-electron chi connectivity index (χ2n) is 11.7. The maximum atomic E-state index is 12.7. The van der Waals surface area contributed by atoms with Gasteiger partial charge in [-0.1, -0.05) is 55.0 Å². The lowest BCUT2D eigenvalue weighted by molar-refractivity contribution is -0.253. The van der Waals surface area contributed by atoms with Crippen molar-refractivity contribution in [3.63, 3.8) is 0 Å². The average Bonchev–Trinajstić information content (AvgIpc) is 3.05. The van der Waals surface area contributed by atoms with E-state index in [2.05, 4.69) is 15.5 Å². The summed E-state index contributed by atoms with van der Waals surface area (Å²) >= 11 is 0. The molecular formula is C35H44N4O5. The number of nitrogen functional groups attached to an aromatic ring is 1. The van der Waals surface area contributed by atoms with E-state index in [-0.39, 0.29) is 30.6 Å². The number of aliphatic hydroxyl groups excluding tert-OH is 1. The zero-order valence-electron chi connectivity index (χ0n) is 25.3. The summed E-state index contributed by atoms with van der Waals surface area (Å²) in [4.78, 5) is 27.5. The number of amides is 2. The van der Waals surface area contributed by atoms with Crippen LogP contribution in [0.25, 0.3) is 0 Å². The number of carbonyl (C=O) groups is 2. The topological polar surface area (TPSA) is 126 Å². The lowest BCUT2D eigenvalue weighted by Gasteiger charge is -2.39. The number of piperidine rings is 1. The molecule has 3 unspecified atom stereocenters. The van der Waals surface area contributed by atoms with Gasteiger partial charge in [0.1, 0.15) is 0 Å². The van der Waals surface area contributed by atoms with Crippen LogP contribution in [0.4, 0.5) is 17.1 Å². The summed E-state index contributed by atoms with van der Waals surface area (Å²) in [5.41, 5.74) is 10.5. The van der Waals surface area contributed by atoms with Crippen LogP contribution in [0.3, 0.4) is 0 Å². The number of nitrogens with one attached hydrogen (secondary N) is 2. The smallest absolute Gasteiger partial charge is 0.224 e. The van der Waals surface area contributed by atoms with E-state index in [1.165, 1.54) is 19.3 Å². The molecule has 2 aliphatic rings. The van der Waals surface area contributed by atoms with Crippen LogP contribution < -0.4 is 16.4 Å². The highest BCUT2D eigenvalue weighted by Gasteiger charge is 2.33. The molecule has 234 valence electrons. The number of likely N-dealkylation sites (tertiary alicyclic amines) is 1. The zero-order chi connectivity index (χ0) is 30.7. The van der Waals surface area contributed by atoms with Crippen molar-refractivity contribution in [3.05, 3.63) is 89.5 Å². The van der Waals surface area contributed by atoms with Crippen molar-refractivity contribution in [1.29, 1.82) is 0 Å². The van der Waals surface area contributed by atoms with Crippen LogP contribution in [0.1, 0.15) is 80.5 Å². The Kier molecular flexibility index (Phi) is 11.4. The fraction of sp³-hybridized carbons (Fsp3) is 0.429. The van der Waals surface area contributed by atoms with Crippen LogP contribution in [0.2, 0.25) is 0 Å². The Bertz CT molecular complexity index is 1380. The quantitative estimate of drug-likeness (QED) is 0.150. The van der Waals surface area contributed by atoms with Crippen LogP contribution in [-0.2, 0) is 25.7 Å². The van der Waals surface area contributed by atoms with E-state index >= 15 is 0 Å². The molecule has 5 rings (SSSR count). The maximum Gasteiger partial charge on any atom is 0.224 e. The first-order chi connectivity index (χ1) is 21.5. The van der Waals surface area contributed by atoms with Crippen molar-refractivity contribution in [2.24, 2.45) is 0 Å². The van der Waals surface area contributed by atoms with Crippen molar-refractivity contribution in [2.75, 3.05) is 36.0 Å². The van der Waals surface area contributed by atoms with Gasteiger partial charge in [0.15, 0.2) is 6.29 Å². The minimum absolute atomic E-state index is 0.00291. The summed E-state index contributed by atoms with van der Waals surface area (Å²) in [7, 11) is 0. The fourth-order valence-electron chi connectivity index (χ4n) is 5.84. The highest BCUT2D eigenvalue weighted by Crippen LogP contribution is 2.39. The Morgan fingerprint density at radius 1 is 0.841 bits per heavy atom. The van der Waals surface area contributed by atoms with Gasteiger partial charge in [-0.15, -0.1) is 0 Å². The Morgan fingerprint density at radius 2 is 1.57 bits per heavy atom. The monoisotopic (exact) mass is 600 g/mol. The van der Waals surface area contributed by atoms with E-state index in [1.807, 2.05) is 60.7 Å². The molecule has 2 amide bonds. The molecule has 3 atom stereocenters. The molecule has 44 heavy (non-hydrogen) atoms. The van der Waals surface area contributed by atoms with Crippen molar-refractivity contribution in [1.82, 2.24) is 4.90 Å². The number of hydrogen-bond donors (Lipinski definition) is 4. The van der Waals surface area contributed by atoms with Crippen molar-refractivity contribution in [3.8, 4) is 0 Å². The molecule has 0 spiro atoms. The number of aliphatic hydroxyl groups is 1. The molecule has 2 heterocycles. The van der Waals surface area contributed by atoms with Crippen molar-refractivity contribution in [2.45, 2.75) is 76.5 Å². The van der Waals surface area contributed by atoms with Crippen LogP contribution in [0.5, 0.6) is 0 Å². The summed E-state index contributed by atoms with van der Waals surface area (Å²) in [6.07, 6.45) is 5.56. The third-order valence-electron chi connectivity index (χ3n) is 8.26. The van der Waals surface area contributed by atoms with Gasteiger partial charge in [0.05, 0.1) is 30.2 Å². The molecule has 3 aromatic carbocycles. The van der Waals surface area contributed by atoms with Gasteiger partial charge in [0, 0.05) is 37.1 Å². The van der Waals surface area contributed by atoms with E-state index in [0.717, 1.165) is 42.7 Å². The largest absolute Gasteiger partial charge is 0.397 e. The summed E-state index contributed by atoms with van der Waals surface area (Å²) in [5.74, 6) is -0.227. The first-order valence-corrected chi connectivity index (χ1v) is 15.7. The highest BCUT2D eigenvalue weighted by atomic mass is 16.7. The SMILES string of the molecule is Nc1ccccc1NC(=O)CCCCC(=O)Nc1cccc(C2OC(CN3CCCCC3)CC(c3ccc(CO)cc3)O2)c1. The fourth-order valence-corrected chi connectivity index (χ4v) is 5.84. The molecule has 0 saturated carbocycles. The van der Waals surface area contributed by atoms with Gasteiger partial charge in [-0.05, 0) is 74.2 Å². The van der Waals surface area contributed by atoms with E-state index < -0.39 is 6.29 Å². The highest BCUT2D eigenvalue weighted by molar-refractivity contribution is 5.94. The van der Waals surface area contributed by atoms with Gasteiger partial charge in [-0.25, -0.2) is 0 Å². The molecule has 0 aromatic heterocycles. The van der Waals surface area contributed by atoms with Gasteiger partial charge < -0.3 is 35.8 Å². The van der Waals surface area contributed by atoms with Gasteiger partial charge in [0.2, 0.25) is 11.8 Å². The van der Waals surface area contributed by atoms with E-state index in [0.29, 0.717) is 42.7 Å². The number of ether oxygens (including phenoxy) is 2. The van der Waals surface area contributed by atoms with E-state index in [1.54, 1.807) is 12.1 Å². The van der Waals surface area contributed by atoms with Crippen LogP contribution in [0, 0.1) is 0 Å². The number of hydrogen-bond acceptors (Lipinski definition) is 7. The molecule has 5 N–H and O–H groups in total. The molecule has 0 bridgehead atoms. The van der Waals surface area contributed by atoms with E-state index in [9.17, 15) is 14.7 Å².